The Kier molecular flexibility index (Phi) is 6.26. The van der Waals surface area contributed by atoms with E-state index < -0.39 is 17.6 Å². The molecule has 1 aliphatic heterocycles. The highest BCUT2D eigenvalue weighted by atomic mass is 32.2. The van der Waals surface area contributed by atoms with Crippen molar-refractivity contribution in [3.63, 3.8) is 0 Å². The summed E-state index contributed by atoms with van der Waals surface area (Å²) in [5.74, 6) is -0.780. The molecule has 0 bridgehead atoms. The number of thioether (sulfide) groups is 1. The number of imide groups is 1. The first kappa shape index (κ1) is 20.9. The largest absolute Gasteiger partial charge is 0.418 e. The van der Waals surface area contributed by atoms with Crippen LogP contribution in [0.25, 0.3) is 0 Å². The van der Waals surface area contributed by atoms with E-state index in [1.165, 1.54) is 34.9 Å². The monoisotopic (exact) mass is 422 g/mol. The Morgan fingerprint density at radius 1 is 0.966 bits per heavy atom. The van der Waals surface area contributed by atoms with Crippen LogP contribution in [0.1, 0.15) is 32.7 Å². The first-order chi connectivity index (χ1) is 13.8. The van der Waals surface area contributed by atoms with E-state index in [9.17, 15) is 27.6 Å². The Morgan fingerprint density at radius 3 is 2.17 bits per heavy atom. The molecule has 29 heavy (non-hydrogen) atoms. The number of para-hydroxylation sites is 1. The van der Waals surface area contributed by atoms with Gasteiger partial charge in [0.2, 0.25) is 5.91 Å². The highest BCUT2D eigenvalue weighted by Gasteiger charge is 2.35. The summed E-state index contributed by atoms with van der Waals surface area (Å²) in [6.07, 6.45) is -4.08. The van der Waals surface area contributed by atoms with E-state index >= 15 is 0 Å². The third kappa shape index (κ3) is 4.79. The summed E-state index contributed by atoms with van der Waals surface area (Å²) in [4.78, 5) is 37.6. The van der Waals surface area contributed by atoms with Gasteiger partial charge in [-0.05, 0) is 36.4 Å². The van der Waals surface area contributed by atoms with Gasteiger partial charge >= 0.3 is 6.18 Å². The number of benzene rings is 2. The SMILES string of the molecule is O=C(CSCCCN1C(=O)c2ccccc2C1=O)Nc1ccccc1C(F)(F)F. The third-order valence-corrected chi connectivity index (χ3v) is 5.33. The van der Waals surface area contributed by atoms with Crippen LogP contribution in [-0.4, -0.2) is 40.7 Å². The molecule has 0 aromatic heterocycles. The van der Waals surface area contributed by atoms with Crippen LogP contribution in [0.5, 0.6) is 0 Å². The lowest BCUT2D eigenvalue weighted by Crippen LogP contribution is -2.31. The highest BCUT2D eigenvalue weighted by molar-refractivity contribution is 7.99. The number of alkyl halides is 3. The standard InChI is InChI=1S/C20H17F3N2O3S/c21-20(22,23)15-8-3-4-9-16(15)24-17(26)12-29-11-5-10-25-18(27)13-6-1-2-7-14(13)19(25)28/h1-4,6-9H,5,10-12H2,(H,24,26). The van der Waals surface area contributed by atoms with Gasteiger partial charge in [-0.2, -0.15) is 24.9 Å². The van der Waals surface area contributed by atoms with Crippen LogP contribution in [-0.2, 0) is 11.0 Å². The zero-order valence-corrected chi connectivity index (χ0v) is 16.0. The molecule has 0 spiro atoms. The fourth-order valence-corrected chi connectivity index (χ4v) is 3.69. The second-order valence-electron chi connectivity index (χ2n) is 6.31. The minimum atomic E-state index is -4.55. The van der Waals surface area contributed by atoms with Crippen LogP contribution in [0.3, 0.4) is 0 Å². The number of amides is 3. The third-order valence-electron chi connectivity index (χ3n) is 4.29. The van der Waals surface area contributed by atoms with Crippen molar-refractivity contribution in [3.05, 3.63) is 65.2 Å². The average molecular weight is 422 g/mol. The van der Waals surface area contributed by atoms with Crippen molar-refractivity contribution in [1.82, 2.24) is 4.90 Å². The van der Waals surface area contributed by atoms with E-state index in [2.05, 4.69) is 5.32 Å². The van der Waals surface area contributed by atoms with Crippen molar-refractivity contribution < 1.29 is 27.6 Å². The molecule has 152 valence electrons. The number of anilines is 1. The maximum Gasteiger partial charge on any atom is 0.418 e. The molecule has 0 fully saturated rings. The van der Waals surface area contributed by atoms with Gasteiger partial charge in [0, 0.05) is 6.54 Å². The second kappa shape index (κ2) is 8.69. The number of rotatable bonds is 7. The summed E-state index contributed by atoms with van der Waals surface area (Å²) in [6.45, 7) is 0.220. The second-order valence-corrected chi connectivity index (χ2v) is 7.41. The van der Waals surface area contributed by atoms with E-state index in [0.29, 0.717) is 23.3 Å². The number of hydrogen-bond donors (Lipinski definition) is 1. The van der Waals surface area contributed by atoms with Crippen molar-refractivity contribution in [2.75, 3.05) is 23.4 Å². The molecule has 3 rings (SSSR count). The summed E-state index contributed by atoms with van der Waals surface area (Å²) >= 11 is 1.22. The zero-order chi connectivity index (χ0) is 21.0. The normalized spacial score (nSPS) is 13.6. The van der Waals surface area contributed by atoms with Crippen molar-refractivity contribution in [2.24, 2.45) is 0 Å². The van der Waals surface area contributed by atoms with Gasteiger partial charge in [-0.25, -0.2) is 0 Å². The molecule has 3 amide bonds. The molecule has 9 heteroatoms. The molecule has 5 nitrogen and oxygen atoms in total. The van der Waals surface area contributed by atoms with Crippen molar-refractivity contribution in [2.45, 2.75) is 12.6 Å². The maximum atomic E-state index is 12.9. The topological polar surface area (TPSA) is 66.5 Å². The number of fused-ring (bicyclic) bond motifs is 1. The Bertz CT molecular complexity index is 912. The fraction of sp³-hybridized carbons (Fsp3) is 0.250. The Hall–Kier alpha value is -2.81. The van der Waals surface area contributed by atoms with Gasteiger partial charge in [0.05, 0.1) is 28.1 Å². The van der Waals surface area contributed by atoms with Crippen molar-refractivity contribution in [3.8, 4) is 0 Å². The lowest BCUT2D eigenvalue weighted by molar-refractivity contribution is -0.137. The average Bonchev–Trinajstić information content (AvgIpc) is 2.92. The minimum Gasteiger partial charge on any atom is -0.325 e. The minimum absolute atomic E-state index is 0.0334. The summed E-state index contributed by atoms with van der Waals surface area (Å²) < 4.78 is 38.8. The van der Waals surface area contributed by atoms with Crippen LogP contribution in [0.15, 0.2) is 48.5 Å². The Morgan fingerprint density at radius 2 is 1.55 bits per heavy atom. The molecule has 0 saturated carbocycles. The molecule has 2 aromatic rings. The van der Waals surface area contributed by atoms with E-state index in [1.54, 1.807) is 24.3 Å². The predicted octanol–water partition coefficient (Wildman–Crippen LogP) is 4.06. The van der Waals surface area contributed by atoms with E-state index in [1.807, 2.05) is 0 Å². The number of hydrogen-bond acceptors (Lipinski definition) is 4. The molecule has 0 saturated heterocycles. The smallest absolute Gasteiger partial charge is 0.325 e. The number of carbonyl (C=O) groups is 3. The summed E-state index contributed by atoms with van der Waals surface area (Å²) in [6, 6.07) is 11.4. The van der Waals surface area contributed by atoms with E-state index in [-0.39, 0.29) is 29.8 Å². The van der Waals surface area contributed by atoms with Gasteiger partial charge < -0.3 is 5.32 Å². The molecule has 1 aliphatic rings. The summed E-state index contributed by atoms with van der Waals surface area (Å²) in [7, 11) is 0. The van der Waals surface area contributed by atoms with Gasteiger partial charge in [0.25, 0.3) is 11.8 Å². The number of carbonyl (C=O) groups excluding carboxylic acids is 3. The van der Waals surface area contributed by atoms with E-state index in [4.69, 9.17) is 0 Å². The van der Waals surface area contributed by atoms with E-state index in [0.717, 1.165) is 6.07 Å². The van der Waals surface area contributed by atoms with Gasteiger partial charge in [0.1, 0.15) is 0 Å². The lowest BCUT2D eigenvalue weighted by Gasteiger charge is -2.14. The molecule has 0 atom stereocenters. The van der Waals surface area contributed by atoms with Gasteiger partial charge in [-0.1, -0.05) is 24.3 Å². The molecule has 0 aliphatic carbocycles. The van der Waals surface area contributed by atoms with Crippen LogP contribution in [0.4, 0.5) is 18.9 Å². The molecule has 2 aromatic carbocycles. The quantitative estimate of drug-likeness (QED) is 0.540. The zero-order valence-electron chi connectivity index (χ0n) is 15.2. The number of nitrogens with zero attached hydrogens (tertiary/aromatic N) is 1. The lowest BCUT2D eigenvalue weighted by atomic mass is 10.1. The van der Waals surface area contributed by atoms with Crippen molar-refractivity contribution >= 4 is 35.2 Å². The van der Waals surface area contributed by atoms with Gasteiger partial charge in [-0.15, -0.1) is 0 Å². The fourth-order valence-electron chi connectivity index (χ4n) is 2.96. The highest BCUT2D eigenvalue weighted by Crippen LogP contribution is 2.34. The van der Waals surface area contributed by atoms with Gasteiger partial charge in [-0.3, -0.25) is 19.3 Å². The molecule has 1 N–H and O–H groups in total. The Labute approximate surface area is 169 Å². The van der Waals surface area contributed by atoms with Crippen LogP contribution in [0, 0.1) is 0 Å². The maximum absolute atomic E-state index is 12.9. The molecule has 0 radical (unpaired) electrons. The van der Waals surface area contributed by atoms with Crippen LogP contribution < -0.4 is 5.32 Å². The first-order valence-corrected chi connectivity index (χ1v) is 9.93. The molecule has 0 unspecified atom stereocenters. The summed E-state index contributed by atoms with van der Waals surface area (Å²) in [5.41, 5.74) is -0.415. The predicted molar refractivity (Wildman–Crippen MR) is 104 cm³/mol. The Balaban J connectivity index is 1.44. The van der Waals surface area contributed by atoms with Gasteiger partial charge in [0.15, 0.2) is 0 Å². The molecular weight excluding hydrogens is 405 g/mol. The number of halogens is 3. The van der Waals surface area contributed by atoms with Crippen LogP contribution in [0.2, 0.25) is 0 Å². The molecular formula is C20H17F3N2O3S. The molecule has 1 heterocycles. The van der Waals surface area contributed by atoms with Crippen LogP contribution >= 0.6 is 11.8 Å². The summed E-state index contributed by atoms with van der Waals surface area (Å²) in [5, 5.41) is 2.28. The number of nitrogens with one attached hydrogen (secondary N) is 1. The first-order valence-electron chi connectivity index (χ1n) is 8.78. The van der Waals surface area contributed by atoms with Crippen molar-refractivity contribution in [1.29, 1.82) is 0 Å².